The van der Waals surface area contributed by atoms with Crippen LogP contribution in [0.3, 0.4) is 0 Å². The molecule has 0 saturated carbocycles. The van der Waals surface area contributed by atoms with Crippen molar-refractivity contribution < 1.29 is 0 Å². The molecule has 2 rings (SSSR count). The van der Waals surface area contributed by atoms with Gasteiger partial charge in [-0.25, -0.2) is 0 Å². The average molecular weight is 214 g/mol. The van der Waals surface area contributed by atoms with Crippen LogP contribution in [-0.4, -0.2) is 11.2 Å². The van der Waals surface area contributed by atoms with Gasteiger partial charge in [-0.2, -0.15) is 0 Å². The molecule has 2 heteroatoms. The highest BCUT2D eigenvalue weighted by Crippen LogP contribution is 2.30. The lowest BCUT2D eigenvalue weighted by Gasteiger charge is -2.24. The molecular formula is C14H18N2. The first kappa shape index (κ1) is 10.9. The second kappa shape index (κ2) is 4.12. The third kappa shape index (κ3) is 2.01. The van der Waals surface area contributed by atoms with E-state index in [4.69, 9.17) is 5.41 Å². The van der Waals surface area contributed by atoms with Gasteiger partial charge in [0.25, 0.3) is 0 Å². The number of hydrogen-bond donors (Lipinski definition) is 2. The molecular weight excluding hydrogens is 196 g/mol. The molecule has 2 N–H and O–H groups in total. The van der Waals surface area contributed by atoms with Crippen molar-refractivity contribution in [1.29, 1.82) is 5.41 Å². The van der Waals surface area contributed by atoms with Crippen LogP contribution in [0.15, 0.2) is 30.5 Å². The van der Waals surface area contributed by atoms with Crippen LogP contribution in [0.25, 0.3) is 10.9 Å². The van der Waals surface area contributed by atoms with Crippen LogP contribution in [0.1, 0.15) is 32.3 Å². The summed E-state index contributed by atoms with van der Waals surface area (Å²) >= 11 is 0. The average Bonchev–Trinajstić information content (AvgIpc) is 2.73. The van der Waals surface area contributed by atoms with Gasteiger partial charge in [-0.05, 0) is 53.6 Å². The molecule has 84 valence electrons. The van der Waals surface area contributed by atoms with E-state index in [2.05, 4.69) is 43.1 Å². The predicted octanol–water partition coefficient (Wildman–Crippen LogP) is 3.88. The van der Waals surface area contributed by atoms with Crippen molar-refractivity contribution in [2.75, 3.05) is 0 Å². The fourth-order valence-electron chi connectivity index (χ4n) is 2.05. The van der Waals surface area contributed by atoms with Gasteiger partial charge >= 0.3 is 0 Å². The van der Waals surface area contributed by atoms with Crippen molar-refractivity contribution in [2.24, 2.45) is 0 Å². The van der Waals surface area contributed by atoms with Crippen molar-refractivity contribution in [3.05, 3.63) is 36.0 Å². The molecule has 0 unspecified atom stereocenters. The van der Waals surface area contributed by atoms with Gasteiger partial charge in [0.1, 0.15) is 0 Å². The molecule has 0 bridgehead atoms. The van der Waals surface area contributed by atoms with Crippen LogP contribution >= 0.6 is 0 Å². The molecule has 1 aromatic carbocycles. The summed E-state index contributed by atoms with van der Waals surface area (Å²) in [4.78, 5) is 3.21. The Morgan fingerprint density at radius 2 is 2.12 bits per heavy atom. The molecule has 0 atom stereocenters. The molecule has 16 heavy (non-hydrogen) atoms. The number of H-pyrrole nitrogens is 1. The molecule has 2 aromatic rings. The molecule has 1 aromatic heterocycles. The SMILES string of the molecule is CC(C)(CCC=N)c1ccc2[nH]ccc2c1. The Kier molecular flexibility index (Phi) is 2.82. The highest BCUT2D eigenvalue weighted by atomic mass is 14.7. The number of benzene rings is 1. The summed E-state index contributed by atoms with van der Waals surface area (Å²) in [6.07, 6.45) is 5.33. The predicted molar refractivity (Wildman–Crippen MR) is 69.3 cm³/mol. The van der Waals surface area contributed by atoms with Crippen molar-refractivity contribution in [3.8, 4) is 0 Å². The molecule has 0 aliphatic rings. The number of hydrogen-bond acceptors (Lipinski definition) is 1. The minimum Gasteiger partial charge on any atom is -0.361 e. The van der Waals surface area contributed by atoms with E-state index < -0.39 is 0 Å². The van der Waals surface area contributed by atoms with Crippen molar-refractivity contribution in [3.63, 3.8) is 0 Å². The number of rotatable bonds is 4. The second-order valence-electron chi connectivity index (χ2n) is 4.91. The Bertz CT molecular complexity index is 494. The summed E-state index contributed by atoms with van der Waals surface area (Å²) < 4.78 is 0. The number of fused-ring (bicyclic) bond motifs is 1. The fourth-order valence-corrected chi connectivity index (χ4v) is 2.05. The standard InChI is InChI=1S/C14H18N2/c1-14(2,7-3-8-15)12-4-5-13-11(10-12)6-9-16-13/h4-6,8-10,15-16H,3,7H2,1-2H3. The highest BCUT2D eigenvalue weighted by Gasteiger charge is 2.19. The third-order valence-electron chi connectivity index (χ3n) is 3.25. The van der Waals surface area contributed by atoms with E-state index in [0.29, 0.717) is 0 Å². The van der Waals surface area contributed by atoms with Gasteiger partial charge in [0.15, 0.2) is 0 Å². The number of aromatic amines is 1. The lowest BCUT2D eigenvalue weighted by Crippen LogP contribution is -2.16. The minimum absolute atomic E-state index is 0.142. The smallest absolute Gasteiger partial charge is 0.0454 e. The Balaban J connectivity index is 2.34. The first-order chi connectivity index (χ1) is 7.63. The summed E-state index contributed by atoms with van der Waals surface area (Å²) in [6, 6.07) is 8.67. The van der Waals surface area contributed by atoms with Gasteiger partial charge in [0.05, 0.1) is 0 Å². The minimum atomic E-state index is 0.142. The van der Waals surface area contributed by atoms with Gasteiger partial charge in [0.2, 0.25) is 0 Å². The highest BCUT2D eigenvalue weighted by molar-refractivity contribution is 5.80. The van der Waals surface area contributed by atoms with E-state index in [1.54, 1.807) is 0 Å². The third-order valence-corrected chi connectivity index (χ3v) is 3.25. The maximum Gasteiger partial charge on any atom is 0.0454 e. The van der Waals surface area contributed by atoms with E-state index in [1.807, 2.05) is 6.20 Å². The van der Waals surface area contributed by atoms with Crippen LogP contribution in [0, 0.1) is 5.41 Å². The Morgan fingerprint density at radius 3 is 2.88 bits per heavy atom. The molecule has 0 radical (unpaired) electrons. The van der Waals surface area contributed by atoms with Crippen molar-refractivity contribution in [2.45, 2.75) is 32.1 Å². The summed E-state index contributed by atoms with van der Waals surface area (Å²) in [5.41, 5.74) is 2.68. The molecule has 0 spiro atoms. The zero-order valence-corrected chi connectivity index (χ0v) is 9.88. The fraction of sp³-hybridized carbons (Fsp3) is 0.357. The largest absolute Gasteiger partial charge is 0.361 e. The van der Waals surface area contributed by atoms with Crippen LogP contribution in [-0.2, 0) is 5.41 Å². The zero-order valence-electron chi connectivity index (χ0n) is 9.88. The monoisotopic (exact) mass is 214 g/mol. The topological polar surface area (TPSA) is 39.6 Å². The van der Waals surface area contributed by atoms with Crippen LogP contribution < -0.4 is 0 Å². The van der Waals surface area contributed by atoms with E-state index in [0.717, 1.165) is 12.8 Å². The normalized spacial score (nSPS) is 11.9. The van der Waals surface area contributed by atoms with Crippen LogP contribution in [0.4, 0.5) is 0 Å². The lowest BCUT2D eigenvalue weighted by molar-refractivity contribution is 0.493. The van der Waals surface area contributed by atoms with E-state index in [-0.39, 0.29) is 5.41 Å². The molecule has 1 heterocycles. The maximum atomic E-state index is 7.12. The van der Waals surface area contributed by atoms with Gasteiger partial charge in [-0.15, -0.1) is 0 Å². The summed E-state index contributed by atoms with van der Waals surface area (Å²) in [5, 5.41) is 8.39. The van der Waals surface area contributed by atoms with E-state index >= 15 is 0 Å². The first-order valence-electron chi connectivity index (χ1n) is 5.70. The van der Waals surface area contributed by atoms with Gasteiger partial charge in [-0.1, -0.05) is 19.9 Å². The quantitative estimate of drug-likeness (QED) is 0.725. The van der Waals surface area contributed by atoms with Crippen LogP contribution in [0.5, 0.6) is 0 Å². The number of nitrogens with one attached hydrogen (secondary N) is 2. The Morgan fingerprint density at radius 1 is 1.31 bits per heavy atom. The Labute approximate surface area is 96.2 Å². The lowest BCUT2D eigenvalue weighted by atomic mass is 9.80. The molecule has 0 saturated heterocycles. The Hall–Kier alpha value is -1.57. The molecule has 2 nitrogen and oxygen atoms in total. The van der Waals surface area contributed by atoms with Crippen molar-refractivity contribution in [1.82, 2.24) is 4.98 Å². The van der Waals surface area contributed by atoms with Crippen LogP contribution in [0.2, 0.25) is 0 Å². The summed E-state index contributed by atoms with van der Waals surface area (Å²) in [7, 11) is 0. The van der Waals surface area contributed by atoms with Gasteiger partial charge < -0.3 is 10.4 Å². The van der Waals surface area contributed by atoms with E-state index in [1.165, 1.54) is 22.7 Å². The molecule has 0 fully saturated rings. The maximum absolute atomic E-state index is 7.12. The second-order valence-corrected chi connectivity index (χ2v) is 4.91. The summed E-state index contributed by atoms with van der Waals surface area (Å²) in [6.45, 7) is 4.48. The van der Waals surface area contributed by atoms with Gasteiger partial charge in [0, 0.05) is 11.7 Å². The zero-order chi connectivity index (χ0) is 11.6. The molecule has 0 aliphatic carbocycles. The number of aromatic nitrogens is 1. The van der Waals surface area contributed by atoms with E-state index in [9.17, 15) is 0 Å². The van der Waals surface area contributed by atoms with Gasteiger partial charge in [-0.3, -0.25) is 0 Å². The molecule has 0 amide bonds. The molecule has 0 aliphatic heterocycles. The first-order valence-corrected chi connectivity index (χ1v) is 5.70. The van der Waals surface area contributed by atoms with Crippen molar-refractivity contribution >= 4 is 17.1 Å². The summed E-state index contributed by atoms with van der Waals surface area (Å²) in [5.74, 6) is 0.